The Hall–Kier alpha value is -3.62. The summed E-state index contributed by atoms with van der Waals surface area (Å²) in [5.74, 6) is -0.194. The fraction of sp³-hybridized carbons (Fsp3) is 0.0833. The third-order valence-corrected chi connectivity index (χ3v) is 4.71. The Labute approximate surface area is 179 Å². The number of anilines is 1. The van der Waals surface area contributed by atoms with Crippen molar-refractivity contribution in [1.82, 2.24) is 0 Å². The molecule has 4 nitrogen and oxygen atoms in total. The molecule has 6 heteroatoms. The molecule has 3 rings (SSSR count). The number of nitrogens with zero attached hydrogens (tertiary/aromatic N) is 1. The molecule has 0 unspecified atom stereocenters. The molecule has 0 atom stereocenters. The molecule has 150 valence electrons. The van der Waals surface area contributed by atoms with E-state index in [-0.39, 0.29) is 11.4 Å². The molecule has 0 bridgehead atoms. The number of benzene rings is 3. The zero-order valence-electron chi connectivity index (χ0n) is 16.2. The summed E-state index contributed by atoms with van der Waals surface area (Å²) < 4.78 is 18.6. The summed E-state index contributed by atoms with van der Waals surface area (Å²) in [4.78, 5) is 12.4. The van der Waals surface area contributed by atoms with E-state index in [1.165, 1.54) is 18.2 Å². The predicted molar refractivity (Wildman–Crippen MR) is 116 cm³/mol. The molecule has 30 heavy (non-hydrogen) atoms. The summed E-state index contributed by atoms with van der Waals surface area (Å²) in [6, 6.07) is 20.1. The minimum atomic E-state index is -0.519. The predicted octanol–water partition coefficient (Wildman–Crippen LogP) is 5.91. The molecule has 0 saturated heterocycles. The fourth-order valence-corrected chi connectivity index (χ4v) is 2.77. The Bertz CT molecular complexity index is 1120. The molecule has 1 amide bonds. The van der Waals surface area contributed by atoms with Gasteiger partial charge in [-0.25, -0.2) is 4.39 Å². The van der Waals surface area contributed by atoms with Gasteiger partial charge in [-0.05, 0) is 66.1 Å². The summed E-state index contributed by atoms with van der Waals surface area (Å²) in [6.07, 6.45) is 1.49. The van der Waals surface area contributed by atoms with E-state index >= 15 is 0 Å². The van der Waals surface area contributed by atoms with Gasteiger partial charge in [0.2, 0.25) is 0 Å². The Balaban J connectivity index is 1.64. The van der Waals surface area contributed by atoms with Gasteiger partial charge >= 0.3 is 0 Å². The van der Waals surface area contributed by atoms with Gasteiger partial charge in [0, 0.05) is 10.7 Å². The zero-order chi connectivity index (χ0) is 21.5. The smallest absolute Gasteiger partial charge is 0.266 e. The van der Waals surface area contributed by atoms with Crippen molar-refractivity contribution < 1.29 is 13.9 Å². The van der Waals surface area contributed by atoms with Crippen molar-refractivity contribution in [3.8, 4) is 11.8 Å². The minimum absolute atomic E-state index is 0.0355. The number of amides is 1. The van der Waals surface area contributed by atoms with Crippen LogP contribution in [-0.2, 0) is 11.4 Å². The number of hydrogen-bond acceptors (Lipinski definition) is 3. The molecule has 3 aromatic carbocycles. The van der Waals surface area contributed by atoms with Crippen LogP contribution < -0.4 is 10.1 Å². The first kappa shape index (κ1) is 21.1. The lowest BCUT2D eigenvalue weighted by atomic mass is 10.1. The molecule has 0 fully saturated rings. The number of nitriles is 1. The van der Waals surface area contributed by atoms with E-state index in [1.54, 1.807) is 54.6 Å². The van der Waals surface area contributed by atoms with Gasteiger partial charge < -0.3 is 10.1 Å². The van der Waals surface area contributed by atoms with E-state index in [2.05, 4.69) is 5.32 Å². The second kappa shape index (κ2) is 9.73. The quantitative estimate of drug-likeness (QED) is 0.398. The number of ether oxygens (including phenoxy) is 1. The Kier molecular flexibility index (Phi) is 6.84. The molecular weight excluding hydrogens is 403 g/mol. The van der Waals surface area contributed by atoms with E-state index in [0.717, 1.165) is 11.1 Å². The van der Waals surface area contributed by atoms with Crippen LogP contribution in [0.3, 0.4) is 0 Å². The summed E-state index contributed by atoms with van der Waals surface area (Å²) in [6.45, 7) is 2.17. The van der Waals surface area contributed by atoms with Gasteiger partial charge in [-0.3, -0.25) is 4.79 Å². The number of aryl methyl sites for hydroxylation is 1. The Morgan fingerprint density at radius 2 is 1.83 bits per heavy atom. The lowest BCUT2D eigenvalue weighted by molar-refractivity contribution is -0.112. The zero-order valence-corrected chi connectivity index (χ0v) is 16.9. The Morgan fingerprint density at radius 1 is 1.13 bits per heavy atom. The molecule has 0 aliphatic carbocycles. The molecule has 0 radical (unpaired) electrons. The standard InChI is InChI=1S/C24H18ClFN2O2/c1-16-2-9-21(13-23(16)25)28-24(29)19(14-27)12-17-5-10-22(11-6-17)30-15-18-3-7-20(26)8-4-18/h2-13H,15H2,1H3,(H,28,29)/b19-12+. The van der Waals surface area contributed by atoms with Gasteiger partial charge in [-0.15, -0.1) is 0 Å². The van der Waals surface area contributed by atoms with Gasteiger partial charge in [0.15, 0.2) is 0 Å². The third kappa shape index (κ3) is 5.69. The van der Waals surface area contributed by atoms with Crippen molar-refractivity contribution in [1.29, 1.82) is 5.26 Å². The maximum Gasteiger partial charge on any atom is 0.266 e. The summed E-state index contributed by atoms with van der Waals surface area (Å²) in [5, 5.41) is 12.6. The summed E-state index contributed by atoms with van der Waals surface area (Å²) in [5.41, 5.74) is 2.90. The highest BCUT2D eigenvalue weighted by molar-refractivity contribution is 6.31. The maximum absolute atomic E-state index is 12.9. The average Bonchev–Trinajstić information content (AvgIpc) is 2.75. The SMILES string of the molecule is Cc1ccc(NC(=O)/C(C#N)=C/c2ccc(OCc3ccc(F)cc3)cc2)cc1Cl. The van der Waals surface area contributed by atoms with Crippen LogP contribution in [0.5, 0.6) is 5.75 Å². The number of carbonyl (C=O) groups is 1. The Morgan fingerprint density at radius 3 is 2.47 bits per heavy atom. The van der Waals surface area contributed by atoms with E-state index in [9.17, 15) is 14.4 Å². The minimum Gasteiger partial charge on any atom is -0.489 e. The van der Waals surface area contributed by atoms with E-state index < -0.39 is 5.91 Å². The van der Waals surface area contributed by atoms with Crippen LogP contribution in [0.4, 0.5) is 10.1 Å². The summed E-state index contributed by atoms with van der Waals surface area (Å²) >= 11 is 6.07. The van der Waals surface area contributed by atoms with Crippen molar-refractivity contribution in [3.63, 3.8) is 0 Å². The van der Waals surface area contributed by atoms with Crippen molar-refractivity contribution in [2.75, 3.05) is 5.32 Å². The molecule has 0 aliphatic rings. The first-order valence-electron chi connectivity index (χ1n) is 9.11. The van der Waals surface area contributed by atoms with Gasteiger partial charge in [0.1, 0.15) is 29.8 Å². The molecule has 0 aliphatic heterocycles. The van der Waals surface area contributed by atoms with Gasteiger partial charge in [-0.1, -0.05) is 41.9 Å². The number of carbonyl (C=O) groups excluding carboxylic acids is 1. The fourth-order valence-electron chi connectivity index (χ4n) is 2.59. The second-order valence-corrected chi connectivity index (χ2v) is 6.98. The van der Waals surface area contributed by atoms with Gasteiger partial charge in [0.05, 0.1) is 0 Å². The van der Waals surface area contributed by atoms with Crippen molar-refractivity contribution >= 4 is 29.3 Å². The van der Waals surface area contributed by atoms with E-state index in [1.807, 2.05) is 13.0 Å². The second-order valence-electron chi connectivity index (χ2n) is 6.57. The van der Waals surface area contributed by atoms with Crippen LogP contribution >= 0.6 is 11.6 Å². The van der Waals surface area contributed by atoms with Crippen LogP contribution in [0.1, 0.15) is 16.7 Å². The van der Waals surface area contributed by atoms with E-state index in [0.29, 0.717) is 28.6 Å². The number of rotatable bonds is 6. The third-order valence-electron chi connectivity index (χ3n) is 4.30. The number of nitrogens with one attached hydrogen (secondary N) is 1. The molecule has 0 heterocycles. The molecule has 0 saturated carbocycles. The maximum atomic E-state index is 12.9. The molecule has 0 aromatic heterocycles. The van der Waals surface area contributed by atoms with Crippen molar-refractivity contribution in [2.24, 2.45) is 0 Å². The van der Waals surface area contributed by atoms with Gasteiger partial charge in [0.25, 0.3) is 5.91 Å². The lowest BCUT2D eigenvalue weighted by Gasteiger charge is -2.07. The topological polar surface area (TPSA) is 62.1 Å². The summed E-state index contributed by atoms with van der Waals surface area (Å²) in [7, 11) is 0. The van der Waals surface area contributed by atoms with Crippen LogP contribution in [0.2, 0.25) is 5.02 Å². The molecular formula is C24H18ClFN2O2. The molecule has 1 N–H and O–H groups in total. The first-order chi connectivity index (χ1) is 14.4. The van der Waals surface area contributed by atoms with Crippen LogP contribution in [0.25, 0.3) is 6.08 Å². The van der Waals surface area contributed by atoms with Gasteiger partial charge in [-0.2, -0.15) is 5.26 Å². The molecule has 0 spiro atoms. The molecule has 3 aromatic rings. The van der Waals surface area contributed by atoms with Crippen LogP contribution in [-0.4, -0.2) is 5.91 Å². The van der Waals surface area contributed by atoms with Crippen LogP contribution in [0, 0.1) is 24.1 Å². The lowest BCUT2D eigenvalue weighted by Crippen LogP contribution is -2.13. The first-order valence-corrected chi connectivity index (χ1v) is 9.49. The van der Waals surface area contributed by atoms with E-state index in [4.69, 9.17) is 16.3 Å². The number of hydrogen-bond donors (Lipinski definition) is 1. The number of halogens is 2. The van der Waals surface area contributed by atoms with Crippen molar-refractivity contribution in [2.45, 2.75) is 13.5 Å². The highest BCUT2D eigenvalue weighted by Crippen LogP contribution is 2.21. The highest BCUT2D eigenvalue weighted by Gasteiger charge is 2.10. The average molecular weight is 421 g/mol. The largest absolute Gasteiger partial charge is 0.489 e. The van der Waals surface area contributed by atoms with Crippen molar-refractivity contribution in [3.05, 3.63) is 99.8 Å². The highest BCUT2D eigenvalue weighted by atomic mass is 35.5. The normalized spacial score (nSPS) is 10.9. The van der Waals surface area contributed by atoms with Crippen LogP contribution in [0.15, 0.2) is 72.3 Å². The monoisotopic (exact) mass is 420 g/mol.